The third kappa shape index (κ3) is 3.37. The van der Waals surface area contributed by atoms with Crippen molar-refractivity contribution in [3.8, 4) is 0 Å². The molecule has 1 aliphatic rings. The van der Waals surface area contributed by atoms with Crippen LogP contribution in [-0.4, -0.2) is 6.54 Å². The van der Waals surface area contributed by atoms with Gasteiger partial charge in [-0.15, -0.1) is 0 Å². The van der Waals surface area contributed by atoms with E-state index in [1.807, 2.05) is 11.8 Å². The van der Waals surface area contributed by atoms with Crippen LogP contribution in [0.1, 0.15) is 25.1 Å². The maximum Gasteiger partial charge on any atom is 0.212 e. The molecular weight excluding hydrogens is 451 g/mol. The molecule has 0 N–H and O–H groups in total. The average Bonchev–Trinajstić information content (AvgIpc) is 2.97. The molecule has 1 aromatic heterocycles. The lowest BCUT2D eigenvalue weighted by Crippen LogP contribution is -3.00. The van der Waals surface area contributed by atoms with Crippen LogP contribution in [0.25, 0.3) is 17.0 Å². The molecule has 4 heteroatoms. The summed E-state index contributed by atoms with van der Waals surface area (Å²) in [4.78, 5) is 3.77. The molecule has 0 fully saturated rings. The Balaban J connectivity index is 0.00000196. The Labute approximate surface area is 176 Å². The van der Waals surface area contributed by atoms with Crippen LogP contribution in [-0.2, 0) is 6.54 Å². The summed E-state index contributed by atoms with van der Waals surface area (Å²) < 4.78 is 2.39. The first-order valence-corrected chi connectivity index (χ1v) is 9.72. The van der Waals surface area contributed by atoms with Crippen molar-refractivity contribution in [2.45, 2.75) is 32.2 Å². The zero-order valence-electron chi connectivity index (χ0n) is 15.4. The fourth-order valence-electron chi connectivity index (χ4n) is 3.53. The first-order valence-electron chi connectivity index (χ1n) is 8.90. The molecule has 0 radical (unpaired) electrons. The highest BCUT2D eigenvalue weighted by Gasteiger charge is 2.25. The van der Waals surface area contributed by atoms with Gasteiger partial charge in [0.1, 0.15) is 6.54 Å². The van der Waals surface area contributed by atoms with Crippen LogP contribution in [0.4, 0.5) is 5.69 Å². The van der Waals surface area contributed by atoms with Crippen molar-refractivity contribution in [2.75, 3.05) is 11.4 Å². The van der Waals surface area contributed by atoms with E-state index in [-0.39, 0.29) is 24.0 Å². The van der Waals surface area contributed by atoms with Crippen molar-refractivity contribution in [2.24, 2.45) is 0 Å². The summed E-state index contributed by atoms with van der Waals surface area (Å²) >= 11 is 1.88. The minimum atomic E-state index is 0. The van der Waals surface area contributed by atoms with Crippen LogP contribution in [0.5, 0.6) is 0 Å². The van der Waals surface area contributed by atoms with E-state index in [2.05, 4.69) is 90.9 Å². The minimum absolute atomic E-state index is 0. The molecule has 1 aliphatic heterocycles. The van der Waals surface area contributed by atoms with Gasteiger partial charge in [0, 0.05) is 35.0 Å². The molecule has 2 heterocycles. The summed E-state index contributed by atoms with van der Waals surface area (Å²) in [5.41, 5.74) is 5.19. The second-order valence-corrected chi connectivity index (χ2v) is 7.42. The number of benzene rings is 2. The fourth-order valence-corrected chi connectivity index (χ4v) is 4.80. The van der Waals surface area contributed by atoms with E-state index >= 15 is 0 Å². The number of halogens is 1. The van der Waals surface area contributed by atoms with Gasteiger partial charge >= 0.3 is 0 Å². The number of pyridine rings is 1. The molecule has 0 spiro atoms. The van der Waals surface area contributed by atoms with Crippen LogP contribution in [0.2, 0.25) is 0 Å². The van der Waals surface area contributed by atoms with Crippen LogP contribution in [0.3, 0.4) is 0 Å². The summed E-state index contributed by atoms with van der Waals surface area (Å²) in [7, 11) is 0. The van der Waals surface area contributed by atoms with Crippen molar-refractivity contribution in [1.82, 2.24) is 0 Å². The zero-order chi connectivity index (χ0) is 17.4. The number of thioether (sulfide) groups is 1. The maximum absolute atomic E-state index is 2.41. The van der Waals surface area contributed by atoms with Crippen molar-refractivity contribution >= 4 is 34.4 Å². The number of para-hydroxylation sites is 1. The number of fused-ring (bicyclic) bond motifs is 2. The number of rotatable bonds is 3. The molecule has 0 saturated heterocycles. The Bertz CT molecular complexity index is 981. The van der Waals surface area contributed by atoms with Gasteiger partial charge in [-0.2, -0.15) is 4.57 Å². The van der Waals surface area contributed by atoms with Gasteiger partial charge in [-0.05, 0) is 50.6 Å². The van der Waals surface area contributed by atoms with E-state index in [0.29, 0.717) is 0 Å². The predicted octanol–water partition coefficient (Wildman–Crippen LogP) is 2.39. The molecule has 134 valence electrons. The topological polar surface area (TPSA) is 7.12 Å². The third-order valence-electron chi connectivity index (χ3n) is 4.76. The number of hydrogen-bond donors (Lipinski definition) is 0. The Kier molecular flexibility index (Phi) is 5.92. The van der Waals surface area contributed by atoms with Crippen molar-refractivity contribution in [1.29, 1.82) is 0 Å². The second-order valence-electron chi connectivity index (χ2n) is 6.36. The summed E-state index contributed by atoms with van der Waals surface area (Å²) in [5.74, 6) is 0. The summed E-state index contributed by atoms with van der Waals surface area (Å²) in [6.07, 6.45) is 2.33. The highest BCUT2D eigenvalue weighted by atomic mass is 127. The largest absolute Gasteiger partial charge is 1.00 e. The number of nitrogens with zero attached hydrogens (tertiary/aromatic N) is 2. The molecule has 0 unspecified atom stereocenters. The SMILES string of the molecule is CCN1/C(=C\c2ccc3ccccc3[n+]2CC)Sc2cc(C)ccc21.[I-]. The molecule has 3 aromatic rings. The van der Waals surface area contributed by atoms with Crippen molar-refractivity contribution < 1.29 is 28.5 Å². The normalized spacial score (nSPS) is 14.6. The van der Waals surface area contributed by atoms with Crippen LogP contribution in [0, 0.1) is 6.92 Å². The Morgan fingerprint density at radius 2 is 1.85 bits per heavy atom. The van der Waals surface area contributed by atoms with E-state index < -0.39 is 0 Å². The highest BCUT2D eigenvalue weighted by Crippen LogP contribution is 2.46. The monoisotopic (exact) mass is 474 g/mol. The third-order valence-corrected chi connectivity index (χ3v) is 5.86. The number of aromatic nitrogens is 1. The lowest BCUT2D eigenvalue weighted by molar-refractivity contribution is -0.669. The van der Waals surface area contributed by atoms with Gasteiger partial charge in [0.15, 0.2) is 0 Å². The first kappa shape index (κ1) is 19.2. The zero-order valence-corrected chi connectivity index (χ0v) is 18.3. The number of aryl methyl sites for hydroxylation is 2. The molecule has 0 bridgehead atoms. The Hall–Kier alpha value is -1.53. The summed E-state index contributed by atoms with van der Waals surface area (Å²) in [5, 5.41) is 2.59. The van der Waals surface area contributed by atoms with E-state index in [0.717, 1.165) is 13.1 Å². The van der Waals surface area contributed by atoms with Gasteiger partial charge in [0.25, 0.3) is 0 Å². The van der Waals surface area contributed by atoms with E-state index in [1.54, 1.807) is 0 Å². The van der Waals surface area contributed by atoms with Gasteiger partial charge in [-0.25, -0.2) is 0 Å². The van der Waals surface area contributed by atoms with Crippen LogP contribution >= 0.6 is 11.8 Å². The minimum Gasteiger partial charge on any atom is -1.00 e. The molecule has 0 amide bonds. The summed E-state index contributed by atoms with van der Waals surface area (Å²) in [6.45, 7) is 8.54. The number of anilines is 1. The molecule has 2 nitrogen and oxygen atoms in total. The van der Waals surface area contributed by atoms with Gasteiger partial charge in [0.2, 0.25) is 11.2 Å². The Morgan fingerprint density at radius 1 is 1.04 bits per heavy atom. The molecule has 2 aromatic carbocycles. The summed E-state index contributed by atoms with van der Waals surface area (Å²) in [6, 6.07) is 19.8. The van der Waals surface area contributed by atoms with Gasteiger partial charge in [0.05, 0.1) is 10.7 Å². The molecule has 4 rings (SSSR count). The fraction of sp³-hybridized carbons (Fsp3) is 0.227. The smallest absolute Gasteiger partial charge is 0.212 e. The van der Waals surface area contributed by atoms with Crippen LogP contribution < -0.4 is 33.4 Å². The van der Waals surface area contributed by atoms with Gasteiger partial charge in [-0.3, -0.25) is 0 Å². The lowest BCUT2D eigenvalue weighted by atomic mass is 10.2. The number of hydrogen-bond acceptors (Lipinski definition) is 2. The molecule has 0 atom stereocenters. The molecule has 0 saturated carbocycles. The van der Waals surface area contributed by atoms with E-state index in [9.17, 15) is 0 Å². The van der Waals surface area contributed by atoms with Gasteiger partial charge < -0.3 is 28.9 Å². The van der Waals surface area contributed by atoms with Crippen molar-refractivity contribution in [3.63, 3.8) is 0 Å². The second kappa shape index (κ2) is 8.01. The predicted molar refractivity (Wildman–Crippen MR) is 108 cm³/mol. The average molecular weight is 474 g/mol. The van der Waals surface area contributed by atoms with Gasteiger partial charge in [-0.1, -0.05) is 30.0 Å². The van der Waals surface area contributed by atoms with E-state index in [4.69, 9.17) is 0 Å². The van der Waals surface area contributed by atoms with E-state index in [1.165, 1.54) is 37.8 Å². The lowest BCUT2D eigenvalue weighted by Gasteiger charge is -2.17. The molecule has 26 heavy (non-hydrogen) atoms. The highest BCUT2D eigenvalue weighted by molar-refractivity contribution is 8.03. The van der Waals surface area contributed by atoms with Crippen molar-refractivity contribution in [3.05, 3.63) is 70.9 Å². The maximum atomic E-state index is 2.41. The Morgan fingerprint density at radius 3 is 2.62 bits per heavy atom. The quantitative estimate of drug-likeness (QED) is 0.425. The standard InChI is InChI=1S/C22H23N2S.HI/c1-4-23-18(12-11-17-8-6-7-9-19(17)23)15-22-24(5-2)20-13-10-16(3)14-21(20)25-22;/h6-15H,4-5H2,1-3H3;1H/q+1;/p-1. The molecular formula is C22H23IN2S. The first-order chi connectivity index (χ1) is 12.2. The van der Waals surface area contributed by atoms with Crippen LogP contribution in [0.15, 0.2) is 64.5 Å². The molecule has 0 aliphatic carbocycles.